The molecule has 0 aliphatic carbocycles. The number of rotatable bonds is 1. The largest absolute Gasteiger partial charge is 0.456 e. The van der Waals surface area contributed by atoms with Crippen molar-refractivity contribution in [3.8, 4) is 0 Å². The molecule has 0 aliphatic rings. The van der Waals surface area contributed by atoms with E-state index in [1.165, 1.54) is 11.3 Å². The molecule has 0 N–H and O–H groups in total. The summed E-state index contributed by atoms with van der Waals surface area (Å²) in [6.45, 7) is 7.35. The Morgan fingerprint density at radius 1 is 1.54 bits per heavy atom. The zero-order valence-corrected chi connectivity index (χ0v) is 9.07. The van der Waals surface area contributed by atoms with Gasteiger partial charge in [-0.15, -0.1) is 11.3 Å². The van der Waals surface area contributed by atoms with Crippen LogP contribution in [0.3, 0.4) is 0 Å². The Labute approximate surface area is 81.8 Å². The smallest absolute Gasteiger partial charge is 0.350 e. The number of aryl methyl sites for hydroxylation is 1. The summed E-state index contributed by atoms with van der Waals surface area (Å²) in [7, 11) is 0. The van der Waals surface area contributed by atoms with Gasteiger partial charge in [-0.3, -0.25) is 0 Å². The van der Waals surface area contributed by atoms with Gasteiger partial charge in [-0.25, -0.2) is 9.78 Å². The van der Waals surface area contributed by atoms with Crippen LogP contribution in [-0.2, 0) is 4.74 Å². The maximum absolute atomic E-state index is 11.5. The second-order valence-electron chi connectivity index (χ2n) is 3.77. The van der Waals surface area contributed by atoms with E-state index in [9.17, 15) is 4.79 Å². The van der Waals surface area contributed by atoms with Crippen LogP contribution in [0.25, 0.3) is 0 Å². The van der Waals surface area contributed by atoms with Crippen molar-refractivity contribution in [2.75, 3.05) is 0 Å². The summed E-state index contributed by atoms with van der Waals surface area (Å²) in [5, 5.41) is 0. The van der Waals surface area contributed by atoms with Gasteiger partial charge in [0.05, 0.1) is 11.2 Å². The van der Waals surface area contributed by atoms with Crippen molar-refractivity contribution in [1.82, 2.24) is 4.98 Å². The van der Waals surface area contributed by atoms with Crippen molar-refractivity contribution in [3.63, 3.8) is 0 Å². The maximum Gasteiger partial charge on any atom is 0.350 e. The molecule has 1 aromatic heterocycles. The van der Waals surface area contributed by atoms with Crippen molar-refractivity contribution in [2.24, 2.45) is 0 Å². The van der Waals surface area contributed by atoms with Crippen LogP contribution in [0, 0.1) is 6.92 Å². The van der Waals surface area contributed by atoms with Gasteiger partial charge in [0.2, 0.25) is 0 Å². The quantitative estimate of drug-likeness (QED) is 0.652. The molecule has 0 aliphatic heterocycles. The Hall–Kier alpha value is -0.900. The number of aromatic nitrogens is 1. The first kappa shape index (κ1) is 10.2. The predicted molar refractivity (Wildman–Crippen MR) is 52.0 cm³/mol. The maximum atomic E-state index is 11.5. The number of thiazole rings is 1. The van der Waals surface area contributed by atoms with Gasteiger partial charge in [0.1, 0.15) is 10.5 Å². The van der Waals surface area contributed by atoms with E-state index < -0.39 is 5.60 Å². The van der Waals surface area contributed by atoms with Crippen molar-refractivity contribution in [3.05, 3.63) is 16.1 Å². The number of ether oxygens (including phenoxy) is 1. The SMILES string of the molecule is Cc1ncsc1C(=O)OC(C)(C)C. The van der Waals surface area contributed by atoms with E-state index in [0.29, 0.717) is 4.88 Å². The van der Waals surface area contributed by atoms with E-state index in [1.54, 1.807) is 12.4 Å². The second kappa shape index (κ2) is 3.46. The number of carbonyl (C=O) groups is 1. The molecule has 72 valence electrons. The van der Waals surface area contributed by atoms with Crippen molar-refractivity contribution >= 4 is 17.3 Å². The first-order chi connectivity index (χ1) is 5.90. The molecular weight excluding hydrogens is 186 g/mol. The molecule has 0 saturated carbocycles. The van der Waals surface area contributed by atoms with Gasteiger partial charge >= 0.3 is 5.97 Å². The lowest BCUT2D eigenvalue weighted by atomic mass is 10.2. The number of hydrogen-bond donors (Lipinski definition) is 0. The van der Waals surface area contributed by atoms with Crippen LogP contribution in [0.1, 0.15) is 36.1 Å². The monoisotopic (exact) mass is 199 g/mol. The van der Waals surface area contributed by atoms with E-state index in [2.05, 4.69) is 4.98 Å². The minimum Gasteiger partial charge on any atom is -0.456 e. The Kier molecular flexibility index (Phi) is 2.71. The minimum absolute atomic E-state index is 0.285. The molecule has 1 aromatic rings. The zero-order chi connectivity index (χ0) is 10.1. The van der Waals surface area contributed by atoms with Crippen molar-refractivity contribution < 1.29 is 9.53 Å². The van der Waals surface area contributed by atoms with E-state index in [-0.39, 0.29) is 5.97 Å². The number of carbonyl (C=O) groups excluding carboxylic acids is 1. The van der Waals surface area contributed by atoms with Crippen molar-refractivity contribution in [2.45, 2.75) is 33.3 Å². The van der Waals surface area contributed by atoms with E-state index in [1.807, 2.05) is 20.8 Å². The van der Waals surface area contributed by atoms with Gasteiger partial charge in [-0.2, -0.15) is 0 Å². The van der Waals surface area contributed by atoms with Gasteiger partial charge in [-0.05, 0) is 27.7 Å². The lowest BCUT2D eigenvalue weighted by molar-refractivity contribution is 0.00742. The number of esters is 1. The highest BCUT2D eigenvalue weighted by atomic mass is 32.1. The highest BCUT2D eigenvalue weighted by molar-refractivity contribution is 7.11. The molecule has 0 atom stereocenters. The first-order valence-electron chi connectivity index (χ1n) is 4.03. The predicted octanol–water partition coefficient (Wildman–Crippen LogP) is 2.41. The van der Waals surface area contributed by atoms with Crippen LogP contribution in [-0.4, -0.2) is 16.6 Å². The summed E-state index contributed by atoms with van der Waals surface area (Å²) >= 11 is 1.31. The molecule has 1 rings (SSSR count). The van der Waals surface area contributed by atoms with Crippen LogP contribution < -0.4 is 0 Å². The third kappa shape index (κ3) is 2.81. The fraction of sp³-hybridized carbons (Fsp3) is 0.556. The number of nitrogens with zero attached hydrogens (tertiary/aromatic N) is 1. The average Bonchev–Trinajstić information content (AvgIpc) is 2.30. The lowest BCUT2D eigenvalue weighted by Crippen LogP contribution is -2.23. The van der Waals surface area contributed by atoms with Crippen LogP contribution in [0.15, 0.2) is 5.51 Å². The van der Waals surface area contributed by atoms with Gasteiger partial charge in [0.15, 0.2) is 0 Å². The summed E-state index contributed by atoms with van der Waals surface area (Å²) in [5.41, 5.74) is 1.95. The summed E-state index contributed by atoms with van der Waals surface area (Å²) < 4.78 is 5.19. The molecule has 0 aromatic carbocycles. The van der Waals surface area contributed by atoms with E-state index in [4.69, 9.17) is 4.74 Å². The fourth-order valence-electron chi connectivity index (χ4n) is 0.822. The normalized spacial score (nSPS) is 11.4. The number of hydrogen-bond acceptors (Lipinski definition) is 4. The molecule has 4 heteroatoms. The highest BCUT2D eigenvalue weighted by Gasteiger charge is 2.20. The van der Waals surface area contributed by atoms with Crippen LogP contribution in [0.5, 0.6) is 0 Å². The van der Waals surface area contributed by atoms with Gasteiger partial charge < -0.3 is 4.74 Å². The molecule has 0 amide bonds. The molecule has 0 bridgehead atoms. The topological polar surface area (TPSA) is 39.2 Å². The standard InChI is InChI=1S/C9H13NO2S/c1-6-7(13-5-10-6)8(11)12-9(2,3)4/h5H,1-4H3. The molecule has 13 heavy (non-hydrogen) atoms. The summed E-state index contributed by atoms with van der Waals surface area (Å²) in [6.07, 6.45) is 0. The summed E-state index contributed by atoms with van der Waals surface area (Å²) in [6, 6.07) is 0. The minimum atomic E-state index is -0.437. The fourth-order valence-corrected chi connectivity index (χ4v) is 1.50. The molecule has 1 heterocycles. The summed E-state index contributed by atoms with van der Waals surface area (Å²) in [5.74, 6) is -0.285. The second-order valence-corrected chi connectivity index (χ2v) is 4.62. The van der Waals surface area contributed by atoms with Crippen LogP contribution in [0.2, 0.25) is 0 Å². The molecule has 0 spiro atoms. The molecule has 0 saturated heterocycles. The van der Waals surface area contributed by atoms with E-state index >= 15 is 0 Å². The Bertz CT molecular complexity index is 312. The Balaban J connectivity index is 2.76. The molecule has 3 nitrogen and oxygen atoms in total. The molecular formula is C9H13NO2S. The Morgan fingerprint density at radius 2 is 2.15 bits per heavy atom. The van der Waals surface area contributed by atoms with Gasteiger partial charge in [-0.1, -0.05) is 0 Å². The average molecular weight is 199 g/mol. The van der Waals surface area contributed by atoms with Crippen LogP contribution >= 0.6 is 11.3 Å². The van der Waals surface area contributed by atoms with Gasteiger partial charge in [0.25, 0.3) is 0 Å². The highest BCUT2D eigenvalue weighted by Crippen LogP contribution is 2.17. The molecule has 0 radical (unpaired) electrons. The third-order valence-electron chi connectivity index (χ3n) is 1.33. The first-order valence-corrected chi connectivity index (χ1v) is 4.91. The molecule has 0 fully saturated rings. The zero-order valence-electron chi connectivity index (χ0n) is 8.25. The Morgan fingerprint density at radius 3 is 2.54 bits per heavy atom. The van der Waals surface area contributed by atoms with Gasteiger partial charge in [0, 0.05) is 0 Å². The molecule has 0 unspecified atom stereocenters. The van der Waals surface area contributed by atoms with E-state index in [0.717, 1.165) is 5.69 Å². The summed E-state index contributed by atoms with van der Waals surface area (Å²) in [4.78, 5) is 16.1. The van der Waals surface area contributed by atoms with Crippen molar-refractivity contribution in [1.29, 1.82) is 0 Å². The third-order valence-corrected chi connectivity index (χ3v) is 2.24. The van der Waals surface area contributed by atoms with Crippen LogP contribution in [0.4, 0.5) is 0 Å². The lowest BCUT2D eigenvalue weighted by Gasteiger charge is -2.18.